The number of carbonyl (C=O) groups is 1. The fourth-order valence-corrected chi connectivity index (χ4v) is 2.06. The topological polar surface area (TPSA) is 44.1 Å². The molecule has 0 aliphatic carbocycles. The van der Waals surface area contributed by atoms with Crippen molar-refractivity contribution in [2.24, 2.45) is 0 Å². The third-order valence-corrected chi connectivity index (χ3v) is 3.01. The number of benzene rings is 1. The van der Waals surface area contributed by atoms with Crippen LogP contribution in [0.1, 0.15) is 35.9 Å². The summed E-state index contributed by atoms with van der Waals surface area (Å²) in [6.07, 6.45) is 1.55. The summed E-state index contributed by atoms with van der Waals surface area (Å²) in [7, 11) is 1.52. The minimum absolute atomic E-state index is 0.0713. The Morgan fingerprint density at radius 3 is 2.74 bits per heavy atom. The Morgan fingerprint density at radius 1 is 1.42 bits per heavy atom. The molecule has 2 rings (SSSR count). The molecule has 0 unspecified atom stereocenters. The summed E-state index contributed by atoms with van der Waals surface area (Å²) < 4.78 is 6.87. The lowest BCUT2D eigenvalue weighted by Crippen LogP contribution is -2.14. The highest BCUT2D eigenvalue weighted by Crippen LogP contribution is 2.25. The van der Waals surface area contributed by atoms with Crippen molar-refractivity contribution in [2.45, 2.75) is 19.9 Å². The Bertz CT molecular complexity index is 605. The number of hydrogen-bond acceptors (Lipinski definition) is 3. The molecule has 0 spiro atoms. The van der Waals surface area contributed by atoms with Gasteiger partial charge in [0.1, 0.15) is 0 Å². The highest BCUT2D eigenvalue weighted by molar-refractivity contribution is 6.31. The van der Waals surface area contributed by atoms with Gasteiger partial charge in [-0.15, -0.1) is 0 Å². The molecule has 19 heavy (non-hydrogen) atoms. The van der Waals surface area contributed by atoms with Gasteiger partial charge < -0.3 is 4.74 Å². The zero-order valence-electron chi connectivity index (χ0n) is 11.1. The lowest BCUT2D eigenvalue weighted by molar-refractivity contribution is 0.102. The maximum atomic E-state index is 12.6. The Labute approximate surface area is 116 Å². The van der Waals surface area contributed by atoms with E-state index in [1.165, 1.54) is 7.11 Å². The molecular weight excluding hydrogens is 264 g/mol. The highest BCUT2D eigenvalue weighted by Gasteiger charge is 2.22. The van der Waals surface area contributed by atoms with Crippen LogP contribution in [0.5, 0.6) is 5.75 Å². The van der Waals surface area contributed by atoms with E-state index in [-0.39, 0.29) is 11.8 Å². The number of ketones is 1. The van der Waals surface area contributed by atoms with Crippen LogP contribution < -0.4 is 4.74 Å². The number of methoxy groups -OCH3 is 1. The van der Waals surface area contributed by atoms with Gasteiger partial charge in [-0.3, -0.25) is 9.48 Å². The van der Waals surface area contributed by atoms with Crippen molar-refractivity contribution in [3.05, 3.63) is 46.7 Å². The maximum Gasteiger partial charge on any atom is 0.214 e. The second kappa shape index (κ2) is 5.45. The van der Waals surface area contributed by atoms with Crippen LogP contribution in [0, 0.1) is 0 Å². The Kier molecular flexibility index (Phi) is 3.90. The molecule has 0 N–H and O–H groups in total. The summed E-state index contributed by atoms with van der Waals surface area (Å²) in [5.41, 5.74) is 0.966. The molecule has 1 aromatic carbocycles. The number of nitrogens with zero attached hydrogens (tertiary/aromatic N) is 2. The molecular formula is C14H15ClN2O2. The van der Waals surface area contributed by atoms with Crippen LogP contribution in [-0.4, -0.2) is 22.7 Å². The van der Waals surface area contributed by atoms with E-state index in [9.17, 15) is 4.79 Å². The summed E-state index contributed by atoms with van der Waals surface area (Å²) in [6.45, 7) is 3.92. The largest absolute Gasteiger partial charge is 0.493 e. The van der Waals surface area contributed by atoms with Crippen molar-refractivity contribution in [1.29, 1.82) is 0 Å². The van der Waals surface area contributed by atoms with Crippen molar-refractivity contribution >= 4 is 17.4 Å². The molecule has 0 atom stereocenters. The van der Waals surface area contributed by atoms with Gasteiger partial charge in [-0.25, -0.2) is 0 Å². The number of carbonyl (C=O) groups excluding carboxylic acids is 1. The number of halogens is 1. The first-order valence-electron chi connectivity index (χ1n) is 5.96. The molecule has 0 aliphatic heterocycles. The molecule has 1 aromatic heterocycles. The SMILES string of the molecule is COc1cnn(C(C)C)c1C(=O)c1cccc(Cl)c1. The third kappa shape index (κ3) is 2.63. The molecule has 0 amide bonds. The second-order valence-electron chi connectivity index (χ2n) is 4.44. The molecule has 1 heterocycles. The zero-order valence-corrected chi connectivity index (χ0v) is 11.8. The van der Waals surface area contributed by atoms with Gasteiger partial charge in [-0.1, -0.05) is 23.7 Å². The van der Waals surface area contributed by atoms with E-state index in [4.69, 9.17) is 16.3 Å². The summed E-state index contributed by atoms with van der Waals surface area (Å²) in [6, 6.07) is 6.92. The average molecular weight is 279 g/mol. The number of rotatable bonds is 4. The standard InChI is InChI=1S/C14H15ClN2O2/c1-9(2)17-13(12(19-3)8-16-17)14(18)10-5-4-6-11(15)7-10/h4-9H,1-3H3. The van der Waals surface area contributed by atoms with Crippen molar-refractivity contribution in [1.82, 2.24) is 9.78 Å². The molecule has 0 aliphatic rings. The van der Waals surface area contributed by atoms with E-state index in [0.29, 0.717) is 22.0 Å². The zero-order chi connectivity index (χ0) is 14.0. The van der Waals surface area contributed by atoms with Crippen LogP contribution in [0.3, 0.4) is 0 Å². The van der Waals surface area contributed by atoms with Gasteiger partial charge in [0, 0.05) is 16.6 Å². The van der Waals surface area contributed by atoms with Crippen LogP contribution in [0.25, 0.3) is 0 Å². The van der Waals surface area contributed by atoms with Gasteiger partial charge in [-0.2, -0.15) is 5.10 Å². The first kappa shape index (κ1) is 13.6. The van der Waals surface area contributed by atoms with Gasteiger partial charge >= 0.3 is 0 Å². The number of hydrogen-bond donors (Lipinski definition) is 0. The van der Waals surface area contributed by atoms with Gasteiger partial charge in [-0.05, 0) is 26.0 Å². The van der Waals surface area contributed by atoms with Gasteiger partial charge in [0.25, 0.3) is 0 Å². The fourth-order valence-electron chi connectivity index (χ4n) is 1.87. The van der Waals surface area contributed by atoms with Gasteiger partial charge in [0.15, 0.2) is 11.4 Å². The summed E-state index contributed by atoms with van der Waals surface area (Å²) in [5, 5.41) is 4.72. The first-order valence-corrected chi connectivity index (χ1v) is 6.34. The van der Waals surface area contributed by atoms with E-state index in [1.807, 2.05) is 13.8 Å². The molecule has 0 saturated heterocycles. The maximum absolute atomic E-state index is 12.6. The molecule has 4 nitrogen and oxygen atoms in total. The third-order valence-electron chi connectivity index (χ3n) is 2.77. The van der Waals surface area contributed by atoms with Crippen LogP contribution in [-0.2, 0) is 0 Å². The summed E-state index contributed by atoms with van der Waals surface area (Å²) in [5.74, 6) is 0.323. The minimum Gasteiger partial charge on any atom is -0.493 e. The van der Waals surface area contributed by atoms with E-state index in [0.717, 1.165) is 0 Å². The van der Waals surface area contributed by atoms with Crippen molar-refractivity contribution in [2.75, 3.05) is 7.11 Å². The fraction of sp³-hybridized carbons (Fsp3) is 0.286. The molecule has 2 aromatic rings. The van der Waals surface area contributed by atoms with Gasteiger partial charge in [0.2, 0.25) is 5.78 Å². The van der Waals surface area contributed by atoms with Crippen LogP contribution in [0.15, 0.2) is 30.5 Å². The first-order chi connectivity index (χ1) is 9.04. The Hall–Kier alpha value is -1.81. The monoisotopic (exact) mass is 278 g/mol. The predicted octanol–water partition coefficient (Wildman–Crippen LogP) is 3.36. The lowest BCUT2D eigenvalue weighted by Gasteiger charge is -2.11. The average Bonchev–Trinajstić information content (AvgIpc) is 2.81. The Balaban J connectivity index is 2.51. The van der Waals surface area contributed by atoms with E-state index < -0.39 is 0 Å². The minimum atomic E-state index is -0.148. The van der Waals surface area contributed by atoms with E-state index in [1.54, 1.807) is 35.1 Å². The van der Waals surface area contributed by atoms with Crippen molar-refractivity contribution in [3.8, 4) is 5.75 Å². The van der Waals surface area contributed by atoms with Crippen LogP contribution >= 0.6 is 11.6 Å². The quantitative estimate of drug-likeness (QED) is 0.806. The lowest BCUT2D eigenvalue weighted by atomic mass is 10.1. The Morgan fingerprint density at radius 2 is 2.16 bits per heavy atom. The smallest absolute Gasteiger partial charge is 0.214 e. The normalized spacial score (nSPS) is 10.8. The molecule has 0 fully saturated rings. The highest BCUT2D eigenvalue weighted by atomic mass is 35.5. The second-order valence-corrected chi connectivity index (χ2v) is 4.88. The summed E-state index contributed by atoms with van der Waals surface area (Å²) >= 11 is 5.92. The molecule has 100 valence electrons. The predicted molar refractivity (Wildman–Crippen MR) is 74.0 cm³/mol. The van der Waals surface area contributed by atoms with Crippen LogP contribution in [0.2, 0.25) is 5.02 Å². The van der Waals surface area contributed by atoms with Crippen molar-refractivity contribution in [3.63, 3.8) is 0 Å². The van der Waals surface area contributed by atoms with Crippen LogP contribution in [0.4, 0.5) is 0 Å². The summed E-state index contributed by atoms with van der Waals surface area (Å²) in [4.78, 5) is 12.6. The molecule has 0 bridgehead atoms. The van der Waals surface area contributed by atoms with E-state index >= 15 is 0 Å². The van der Waals surface area contributed by atoms with Gasteiger partial charge in [0.05, 0.1) is 13.3 Å². The van der Waals surface area contributed by atoms with Crippen molar-refractivity contribution < 1.29 is 9.53 Å². The van der Waals surface area contributed by atoms with E-state index in [2.05, 4.69) is 5.10 Å². The number of ether oxygens (including phenoxy) is 1. The molecule has 0 saturated carbocycles. The molecule has 0 radical (unpaired) electrons. The number of aromatic nitrogens is 2. The molecule has 5 heteroatoms.